The Kier molecular flexibility index (Phi) is 3.52. The van der Waals surface area contributed by atoms with Crippen molar-refractivity contribution in [2.45, 2.75) is 18.6 Å². The van der Waals surface area contributed by atoms with E-state index in [0.29, 0.717) is 5.02 Å². The number of hydrogen-bond acceptors (Lipinski definition) is 2. The minimum Gasteiger partial charge on any atom is -0.485 e. The molecular weight excluding hydrogens is 326 g/mol. The molecule has 0 amide bonds. The van der Waals surface area contributed by atoms with Gasteiger partial charge in [0.05, 0.1) is 0 Å². The van der Waals surface area contributed by atoms with Gasteiger partial charge in [-0.05, 0) is 18.2 Å². The fraction of sp³-hybridized carbons (Fsp3) is 0.200. The molecule has 2 N–H and O–H groups in total. The number of ether oxygens (including phenoxy) is 1. The molecule has 1 heterocycles. The summed E-state index contributed by atoms with van der Waals surface area (Å²) in [5, 5.41) is 0.700. The van der Waals surface area contributed by atoms with Crippen molar-refractivity contribution < 1.29 is 4.74 Å². The predicted molar refractivity (Wildman–Crippen MR) is 80.5 cm³/mol. The Morgan fingerprint density at radius 1 is 1.16 bits per heavy atom. The Morgan fingerprint density at radius 2 is 1.95 bits per heavy atom. The first kappa shape index (κ1) is 13.0. The van der Waals surface area contributed by atoms with Gasteiger partial charge in [0.1, 0.15) is 11.9 Å². The standard InChI is InChI=1S/C15H13BrClNO/c16-9-5-6-10(12(17)7-9)15-8-13(18)11-3-1-2-4-14(11)19-15/h1-7,13,15H,8,18H2. The number of halogens is 2. The summed E-state index contributed by atoms with van der Waals surface area (Å²) >= 11 is 9.69. The summed E-state index contributed by atoms with van der Waals surface area (Å²) < 4.78 is 6.99. The van der Waals surface area contributed by atoms with Crippen LogP contribution in [0.4, 0.5) is 0 Å². The van der Waals surface area contributed by atoms with Crippen LogP contribution >= 0.6 is 27.5 Å². The minimum atomic E-state index is -0.0921. The summed E-state index contributed by atoms with van der Waals surface area (Å²) in [6.07, 6.45) is 0.642. The van der Waals surface area contributed by atoms with Crippen LogP contribution in [0.3, 0.4) is 0 Å². The van der Waals surface area contributed by atoms with Crippen LogP contribution in [0.25, 0.3) is 0 Å². The number of rotatable bonds is 1. The number of para-hydroxylation sites is 1. The fourth-order valence-electron chi connectivity index (χ4n) is 2.41. The van der Waals surface area contributed by atoms with Gasteiger partial charge in [-0.3, -0.25) is 0 Å². The van der Waals surface area contributed by atoms with Crippen LogP contribution in [0.5, 0.6) is 5.75 Å². The topological polar surface area (TPSA) is 35.2 Å². The molecule has 98 valence electrons. The van der Waals surface area contributed by atoms with Crippen molar-refractivity contribution in [2.75, 3.05) is 0 Å². The van der Waals surface area contributed by atoms with Crippen LogP contribution in [0.15, 0.2) is 46.9 Å². The smallest absolute Gasteiger partial charge is 0.127 e. The lowest BCUT2D eigenvalue weighted by molar-refractivity contribution is 0.161. The van der Waals surface area contributed by atoms with Gasteiger partial charge in [0, 0.05) is 33.1 Å². The maximum atomic E-state index is 6.29. The summed E-state index contributed by atoms with van der Waals surface area (Å²) in [5.41, 5.74) is 8.27. The zero-order valence-electron chi connectivity index (χ0n) is 10.1. The van der Waals surface area contributed by atoms with E-state index in [-0.39, 0.29) is 12.1 Å². The van der Waals surface area contributed by atoms with Crippen molar-refractivity contribution in [3.05, 3.63) is 63.1 Å². The molecule has 0 saturated carbocycles. The summed E-state index contributed by atoms with van der Waals surface area (Å²) in [4.78, 5) is 0. The molecule has 0 aromatic heterocycles. The molecule has 3 rings (SSSR count). The molecule has 1 aliphatic rings. The first-order valence-corrected chi connectivity index (χ1v) is 7.28. The van der Waals surface area contributed by atoms with E-state index in [1.165, 1.54) is 0 Å². The van der Waals surface area contributed by atoms with E-state index >= 15 is 0 Å². The minimum absolute atomic E-state index is 0.0188. The van der Waals surface area contributed by atoms with E-state index in [4.69, 9.17) is 22.1 Å². The Hall–Kier alpha value is -1.03. The first-order chi connectivity index (χ1) is 9.15. The zero-order chi connectivity index (χ0) is 13.4. The average molecular weight is 339 g/mol. The molecule has 2 nitrogen and oxygen atoms in total. The maximum Gasteiger partial charge on any atom is 0.127 e. The van der Waals surface area contributed by atoms with Gasteiger partial charge in [-0.2, -0.15) is 0 Å². The van der Waals surface area contributed by atoms with Gasteiger partial charge < -0.3 is 10.5 Å². The van der Waals surface area contributed by atoms with Gasteiger partial charge in [-0.25, -0.2) is 0 Å². The zero-order valence-corrected chi connectivity index (χ0v) is 12.5. The Labute approximate surface area is 125 Å². The van der Waals surface area contributed by atoms with Gasteiger partial charge in [0.15, 0.2) is 0 Å². The Bertz CT molecular complexity index is 617. The number of nitrogens with two attached hydrogens (primary N) is 1. The second-order valence-electron chi connectivity index (χ2n) is 4.65. The molecule has 1 aliphatic heterocycles. The van der Waals surface area contributed by atoms with E-state index in [1.807, 2.05) is 42.5 Å². The first-order valence-electron chi connectivity index (χ1n) is 6.11. The van der Waals surface area contributed by atoms with Crippen molar-refractivity contribution in [3.8, 4) is 5.75 Å². The molecule has 0 saturated heterocycles. The van der Waals surface area contributed by atoms with Crippen molar-refractivity contribution in [2.24, 2.45) is 5.73 Å². The van der Waals surface area contributed by atoms with Gasteiger partial charge in [0.2, 0.25) is 0 Å². The quantitative estimate of drug-likeness (QED) is 0.823. The summed E-state index contributed by atoms with van der Waals surface area (Å²) in [6.45, 7) is 0. The van der Waals surface area contributed by atoms with Gasteiger partial charge >= 0.3 is 0 Å². The van der Waals surface area contributed by atoms with E-state index in [9.17, 15) is 0 Å². The Balaban J connectivity index is 1.97. The van der Waals surface area contributed by atoms with Crippen LogP contribution < -0.4 is 10.5 Å². The molecule has 19 heavy (non-hydrogen) atoms. The lowest BCUT2D eigenvalue weighted by atomic mass is 9.93. The highest BCUT2D eigenvalue weighted by Gasteiger charge is 2.27. The highest BCUT2D eigenvalue weighted by Crippen LogP contribution is 2.41. The summed E-state index contributed by atoms with van der Waals surface area (Å²) in [7, 11) is 0. The number of benzene rings is 2. The molecule has 0 radical (unpaired) electrons. The van der Waals surface area contributed by atoms with Crippen LogP contribution in [0, 0.1) is 0 Å². The van der Waals surface area contributed by atoms with Crippen LogP contribution in [0.1, 0.15) is 29.7 Å². The lowest BCUT2D eigenvalue weighted by Crippen LogP contribution is -2.24. The molecule has 0 fully saturated rings. The molecule has 0 spiro atoms. The molecule has 2 aromatic carbocycles. The van der Waals surface area contributed by atoms with E-state index in [2.05, 4.69) is 15.9 Å². The molecule has 2 unspecified atom stereocenters. The molecule has 2 atom stereocenters. The SMILES string of the molecule is NC1CC(c2ccc(Br)cc2Cl)Oc2ccccc21. The van der Waals surface area contributed by atoms with Crippen molar-refractivity contribution in [1.29, 1.82) is 0 Å². The highest BCUT2D eigenvalue weighted by atomic mass is 79.9. The van der Waals surface area contributed by atoms with Crippen LogP contribution in [-0.2, 0) is 0 Å². The number of hydrogen-bond donors (Lipinski definition) is 1. The normalized spacial score (nSPS) is 21.6. The van der Waals surface area contributed by atoms with Crippen molar-refractivity contribution >= 4 is 27.5 Å². The molecule has 4 heteroatoms. The maximum absolute atomic E-state index is 6.29. The Morgan fingerprint density at radius 3 is 2.74 bits per heavy atom. The monoisotopic (exact) mass is 337 g/mol. The third kappa shape index (κ3) is 2.50. The second kappa shape index (κ2) is 5.16. The fourth-order valence-corrected chi connectivity index (χ4v) is 3.20. The lowest BCUT2D eigenvalue weighted by Gasteiger charge is -2.31. The van der Waals surface area contributed by atoms with E-state index in [1.54, 1.807) is 0 Å². The van der Waals surface area contributed by atoms with Gasteiger partial charge in [0.25, 0.3) is 0 Å². The van der Waals surface area contributed by atoms with Crippen molar-refractivity contribution in [3.63, 3.8) is 0 Å². The second-order valence-corrected chi connectivity index (χ2v) is 5.98. The van der Waals surface area contributed by atoms with Crippen LogP contribution in [0.2, 0.25) is 5.02 Å². The number of fused-ring (bicyclic) bond motifs is 1. The predicted octanol–water partition coefficient (Wildman–Crippen LogP) is 4.63. The van der Waals surface area contributed by atoms with Crippen molar-refractivity contribution in [1.82, 2.24) is 0 Å². The molecule has 2 aromatic rings. The third-order valence-corrected chi connectivity index (χ3v) is 4.19. The summed E-state index contributed by atoms with van der Waals surface area (Å²) in [5.74, 6) is 0.852. The van der Waals surface area contributed by atoms with Gasteiger partial charge in [-0.1, -0.05) is 51.8 Å². The van der Waals surface area contributed by atoms with E-state index in [0.717, 1.165) is 27.8 Å². The van der Waals surface area contributed by atoms with E-state index < -0.39 is 0 Å². The summed E-state index contributed by atoms with van der Waals surface area (Å²) in [6, 6.07) is 13.7. The average Bonchev–Trinajstić information content (AvgIpc) is 2.38. The largest absolute Gasteiger partial charge is 0.485 e. The molecule has 0 bridgehead atoms. The van der Waals surface area contributed by atoms with Gasteiger partial charge in [-0.15, -0.1) is 0 Å². The molecular formula is C15H13BrClNO. The van der Waals surface area contributed by atoms with Crippen LogP contribution in [-0.4, -0.2) is 0 Å². The highest BCUT2D eigenvalue weighted by molar-refractivity contribution is 9.10. The molecule has 0 aliphatic carbocycles. The third-order valence-electron chi connectivity index (χ3n) is 3.37.